The Bertz CT molecular complexity index is 605. The van der Waals surface area contributed by atoms with Crippen LogP contribution in [-0.4, -0.2) is 50.9 Å². The average Bonchev–Trinajstić information content (AvgIpc) is 2.35. The van der Waals surface area contributed by atoms with Crippen LogP contribution in [0.1, 0.15) is 24.2 Å². The SMILES string of the molecule is CC1CN(c2ccc(C(=O)NS(C)(=O)=O)cn2)CC(C)O1. The first-order valence-corrected chi connectivity index (χ1v) is 8.52. The Morgan fingerprint density at radius 3 is 2.43 bits per heavy atom. The Hall–Kier alpha value is -1.67. The lowest BCUT2D eigenvalue weighted by molar-refractivity contribution is -0.00546. The van der Waals surface area contributed by atoms with E-state index >= 15 is 0 Å². The molecule has 1 N–H and O–H groups in total. The molecule has 1 aliphatic heterocycles. The zero-order valence-corrected chi connectivity index (χ0v) is 13.1. The molecule has 1 amide bonds. The highest BCUT2D eigenvalue weighted by atomic mass is 32.2. The van der Waals surface area contributed by atoms with Crippen molar-refractivity contribution in [2.24, 2.45) is 0 Å². The number of aromatic nitrogens is 1. The van der Waals surface area contributed by atoms with Gasteiger partial charge >= 0.3 is 0 Å². The predicted molar refractivity (Wildman–Crippen MR) is 78.8 cm³/mol. The Kier molecular flexibility index (Phi) is 4.48. The first kappa shape index (κ1) is 15.7. The number of rotatable bonds is 3. The van der Waals surface area contributed by atoms with E-state index in [1.165, 1.54) is 6.20 Å². The number of morpholine rings is 1. The maximum absolute atomic E-state index is 11.7. The lowest BCUT2D eigenvalue weighted by atomic mass is 10.2. The van der Waals surface area contributed by atoms with E-state index in [1.54, 1.807) is 12.1 Å². The number of pyridine rings is 1. The first-order chi connectivity index (χ1) is 9.74. The van der Waals surface area contributed by atoms with Crippen molar-refractivity contribution >= 4 is 21.7 Å². The molecule has 1 saturated heterocycles. The molecule has 1 aliphatic rings. The third-order valence-corrected chi connectivity index (χ3v) is 3.59. The second-order valence-electron chi connectivity index (χ2n) is 5.27. The van der Waals surface area contributed by atoms with Gasteiger partial charge in [-0.3, -0.25) is 4.79 Å². The summed E-state index contributed by atoms with van der Waals surface area (Å²) in [4.78, 5) is 18.0. The van der Waals surface area contributed by atoms with Crippen LogP contribution in [0.5, 0.6) is 0 Å². The van der Waals surface area contributed by atoms with Crippen LogP contribution in [0.3, 0.4) is 0 Å². The number of hydrogen-bond donors (Lipinski definition) is 1. The van der Waals surface area contributed by atoms with E-state index in [9.17, 15) is 13.2 Å². The number of nitrogens with zero attached hydrogens (tertiary/aromatic N) is 2. The standard InChI is InChI=1S/C13H19N3O4S/c1-9-7-16(8-10(2)20-9)12-5-4-11(6-14-12)13(17)15-21(3,18)19/h4-6,9-10H,7-8H2,1-3H3,(H,15,17). The minimum Gasteiger partial charge on any atom is -0.372 e. The first-order valence-electron chi connectivity index (χ1n) is 6.63. The summed E-state index contributed by atoms with van der Waals surface area (Å²) in [5.41, 5.74) is 0.207. The summed E-state index contributed by atoms with van der Waals surface area (Å²) in [5, 5.41) is 0. The minimum absolute atomic E-state index is 0.115. The molecule has 0 saturated carbocycles. The van der Waals surface area contributed by atoms with Gasteiger partial charge in [-0.25, -0.2) is 18.1 Å². The van der Waals surface area contributed by atoms with Crippen LogP contribution in [0.4, 0.5) is 5.82 Å². The van der Waals surface area contributed by atoms with Crippen molar-refractivity contribution in [1.29, 1.82) is 0 Å². The van der Waals surface area contributed by atoms with Gasteiger partial charge in [0.15, 0.2) is 0 Å². The quantitative estimate of drug-likeness (QED) is 0.868. The minimum atomic E-state index is -3.57. The monoisotopic (exact) mass is 313 g/mol. The van der Waals surface area contributed by atoms with Gasteiger partial charge in [0, 0.05) is 19.3 Å². The fraction of sp³-hybridized carbons (Fsp3) is 0.538. The molecule has 8 heteroatoms. The molecule has 2 rings (SSSR count). The van der Waals surface area contributed by atoms with Gasteiger partial charge in [0.2, 0.25) is 10.0 Å². The van der Waals surface area contributed by atoms with Crippen molar-refractivity contribution in [3.8, 4) is 0 Å². The molecule has 2 unspecified atom stereocenters. The van der Waals surface area contributed by atoms with Crippen LogP contribution in [-0.2, 0) is 14.8 Å². The number of nitrogens with one attached hydrogen (secondary N) is 1. The van der Waals surface area contributed by atoms with Gasteiger partial charge in [-0.15, -0.1) is 0 Å². The van der Waals surface area contributed by atoms with Crippen molar-refractivity contribution < 1.29 is 17.9 Å². The maximum Gasteiger partial charge on any atom is 0.266 e. The summed E-state index contributed by atoms with van der Waals surface area (Å²) in [6.07, 6.45) is 2.54. The highest BCUT2D eigenvalue weighted by Gasteiger charge is 2.23. The lowest BCUT2D eigenvalue weighted by Gasteiger charge is -2.36. The van der Waals surface area contributed by atoms with Crippen molar-refractivity contribution in [2.45, 2.75) is 26.1 Å². The molecule has 0 radical (unpaired) electrons. The van der Waals surface area contributed by atoms with Gasteiger partial charge < -0.3 is 9.64 Å². The van der Waals surface area contributed by atoms with Crippen LogP contribution >= 0.6 is 0 Å². The molecule has 2 heterocycles. The van der Waals surface area contributed by atoms with E-state index in [-0.39, 0.29) is 17.8 Å². The number of carbonyl (C=O) groups excluding carboxylic acids is 1. The van der Waals surface area contributed by atoms with E-state index in [2.05, 4.69) is 9.88 Å². The largest absolute Gasteiger partial charge is 0.372 e. The summed E-state index contributed by atoms with van der Waals surface area (Å²) >= 11 is 0. The highest BCUT2D eigenvalue weighted by molar-refractivity contribution is 7.89. The van der Waals surface area contributed by atoms with E-state index in [4.69, 9.17) is 4.74 Å². The van der Waals surface area contributed by atoms with E-state index < -0.39 is 15.9 Å². The zero-order chi connectivity index (χ0) is 15.6. The molecule has 0 spiro atoms. The third kappa shape index (κ3) is 4.40. The van der Waals surface area contributed by atoms with Gasteiger partial charge in [0.25, 0.3) is 5.91 Å². The molecular formula is C13H19N3O4S. The Morgan fingerprint density at radius 2 is 1.95 bits per heavy atom. The van der Waals surface area contributed by atoms with Crippen molar-refractivity contribution in [2.75, 3.05) is 24.2 Å². The van der Waals surface area contributed by atoms with Crippen LogP contribution < -0.4 is 9.62 Å². The molecule has 0 aliphatic carbocycles. The van der Waals surface area contributed by atoms with Crippen LogP contribution in [0.2, 0.25) is 0 Å². The number of sulfonamides is 1. The summed E-state index contributed by atoms with van der Waals surface area (Å²) in [6, 6.07) is 3.27. The molecule has 1 aromatic rings. The van der Waals surface area contributed by atoms with Crippen LogP contribution in [0, 0.1) is 0 Å². The van der Waals surface area contributed by atoms with Gasteiger partial charge in [0.05, 0.1) is 24.0 Å². The summed E-state index contributed by atoms with van der Waals surface area (Å²) < 4.78 is 29.6. The van der Waals surface area contributed by atoms with E-state index in [0.29, 0.717) is 0 Å². The number of hydrogen-bond acceptors (Lipinski definition) is 6. The Morgan fingerprint density at radius 1 is 1.33 bits per heavy atom. The van der Waals surface area contributed by atoms with E-state index in [0.717, 1.165) is 25.2 Å². The van der Waals surface area contributed by atoms with Gasteiger partial charge in [0.1, 0.15) is 5.82 Å². The third-order valence-electron chi connectivity index (χ3n) is 3.03. The number of anilines is 1. The predicted octanol–water partition coefficient (Wildman–Crippen LogP) is 0.385. The fourth-order valence-electron chi connectivity index (χ4n) is 2.30. The van der Waals surface area contributed by atoms with Crippen LogP contribution in [0.25, 0.3) is 0 Å². The second-order valence-corrected chi connectivity index (χ2v) is 7.02. The van der Waals surface area contributed by atoms with Crippen LogP contribution in [0.15, 0.2) is 18.3 Å². The Labute approximate surface area is 124 Å². The second kappa shape index (κ2) is 5.98. The maximum atomic E-state index is 11.7. The normalized spacial score (nSPS) is 22.9. The molecule has 1 fully saturated rings. The fourth-order valence-corrected chi connectivity index (χ4v) is 2.75. The summed E-state index contributed by atoms with van der Waals surface area (Å²) in [5.74, 6) is 0.0631. The topological polar surface area (TPSA) is 88.6 Å². The average molecular weight is 313 g/mol. The molecule has 0 bridgehead atoms. The molecule has 21 heavy (non-hydrogen) atoms. The number of carbonyl (C=O) groups is 1. The summed E-state index contributed by atoms with van der Waals surface area (Å²) in [7, 11) is -3.57. The van der Waals surface area contributed by atoms with Crippen molar-refractivity contribution in [3.63, 3.8) is 0 Å². The molecule has 116 valence electrons. The number of ether oxygens (including phenoxy) is 1. The van der Waals surface area contributed by atoms with Gasteiger partial charge in [-0.05, 0) is 26.0 Å². The molecule has 7 nitrogen and oxygen atoms in total. The van der Waals surface area contributed by atoms with Gasteiger partial charge in [-0.1, -0.05) is 0 Å². The zero-order valence-electron chi connectivity index (χ0n) is 12.2. The molecule has 1 aromatic heterocycles. The molecule has 2 atom stereocenters. The van der Waals surface area contributed by atoms with Crippen molar-refractivity contribution in [3.05, 3.63) is 23.9 Å². The Balaban J connectivity index is 2.10. The number of amides is 1. The van der Waals surface area contributed by atoms with Crippen molar-refractivity contribution in [1.82, 2.24) is 9.71 Å². The molecular weight excluding hydrogens is 294 g/mol. The molecule has 0 aromatic carbocycles. The van der Waals surface area contributed by atoms with E-state index in [1.807, 2.05) is 18.6 Å². The highest BCUT2D eigenvalue weighted by Crippen LogP contribution is 2.18. The van der Waals surface area contributed by atoms with Gasteiger partial charge in [-0.2, -0.15) is 0 Å². The summed E-state index contributed by atoms with van der Waals surface area (Å²) in [6.45, 7) is 5.45. The lowest BCUT2D eigenvalue weighted by Crippen LogP contribution is -2.45. The smallest absolute Gasteiger partial charge is 0.266 e.